The van der Waals surface area contributed by atoms with Gasteiger partial charge in [-0.3, -0.25) is 0 Å². The van der Waals surface area contributed by atoms with Crippen LogP contribution in [0.25, 0.3) is 0 Å². The molecule has 1 aliphatic carbocycles. The highest BCUT2D eigenvalue weighted by atomic mass is 16.3. The second-order valence-electron chi connectivity index (χ2n) is 1.92. The van der Waals surface area contributed by atoms with Crippen LogP contribution in [0.5, 0.6) is 0 Å². The third kappa shape index (κ3) is 0.716. The van der Waals surface area contributed by atoms with E-state index in [9.17, 15) is 0 Å². The number of rotatable bonds is 1. The standard InChI is InChI=1S/C5H9O/c1-4(6)5-2-3-5/h5-6H,2-3H2,1H3. The molecule has 1 saturated carbocycles. The summed E-state index contributed by atoms with van der Waals surface area (Å²) >= 11 is 0. The van der Waals surface area contributed by atoms with Gasteiger partial charge >= 0.3 is 0 Å². The van der Waals surface area contributed by atoms with Crippen LogP contribution in [0, 0.1) is 12.0 Å². The highest BCUT2D eigenvalue weighted by Crippen LogP contribution is 2.35. The lowest BCUT2D eigenvalue weighted by Gasteiger charge is -1.92. The maximum atomic E-state index is 8.61. The molecule has 0 spiro atoms. The number of hydrogen-bond donors (Lipinski definition) is 1. The largest absolute Gasteiger partial charge is 0.387 e. The van der Waals surface area contributed by atoms with Crippen molar-refractivity contribution in [2.75, 3.05) is 0 Å². The molecule has 1 aliphatic rings. The van der Waals surface area contributed by atoms with Crippen LogP contribution in [-0.4, -0.2) is 5.11 Å². The zero-order valence-corrected chi connectivity index (χ0v) is 3.94. The fourth-order valence-electron chi connectivity index (χ4n) is 0.501. The second-order valence-corrected chi connectivity index (χ2v) is 1.92. The van der Waals surface area contributed by atoms with E-state index in [0.717, 1.165) is 0 Å². The van der Waals surface area contributed by atoms with Crippen LogP contribution >= 0.6 is 0 Å². The summed E-state index contributed by atoms with van der Waals surface area (Å²) in [5.74, 6) is 0.574. The van der Waals surface area contributed by atoms with Gasteiger partial charge in [0.25, 0.3) is 0 Å². The minimum absolute atomic E-state index is 0.574. The quantitative estimate of drug-likeness (QED) is 0.509. The Morgan fingerprint density at radius 2 is 2.17 bits per heavy atom. The zero-order valence-electron chi connectivity index (χ0n) is 3.94. The minimum atomic E-state index is 0.574. The summed E-state index contributed by atoms with van der Waals surface area (Å²) in [5.41, 5.74) is 0. The van der Waals surface area contributed by atoms with E-state index >= 15 is 0 Å². The lowest BCUT2D eigenvalue weighted by molar-refractivity contribution is 0.285. The highest BCUT2D eigenvalue weighted by molar-refractivity contribution is 4.89. The van der Waals surface area contributed by atoms with E-state index in [4.69, 9.17) is 5.11 Å². The molecule has 0 aliphatic heterocycles. The number of aliphatic hydroxyl groups is 1. The maximum absolute atomic E-state index is 8.61. The average Bonchev–Trinajstić information content (AvgIpc) is 2.06. The molecule has 0 aromatic heterocycles. The Morgan fingerprint density at radius 3 is 2.17 bits per heavy atom. The van der Waals surface area contributed by atoms with Crippen molar-refractivity contribution in [2.45, 2.75) is 19.8 Å². The van der Waals surface area contributed by atoms with Crippen molar-refractivity contribution < 1.29 is 5.11 Å². The van der Waals surface area contributed by atoms with Gasteiger partial charge in [-0.25, -0.2) is 0 Å². The van der Waals surface area contributed by atoms with Gasteiger partial charge in [-0.05, 0) is 25.7 Å². The Morgan fingerprint density at radius 1 is 1.67 bits per heavy atom. The van der Waals surface area contributed by atoms with E-state index in [1.165, 1.54) is 12.8 Å². The Bertz CT molecular complexity index is 45.9. The van der Waals surface area contributed by atoms with E-state index in [1.54, 1.807) is 6.92 Å². The smallest absolute Gasteiger partial charge is 0.0933 e. The molecule has 0 atom stereocenters. The van der Waals surface area contributed by atoms with Gasteiger partial charge in [0.15, 0.2) is 0 Å². The maximum Gasteiger partial charge on any atom is 0.0933 e. The van der Waals surface area contributed by atoms with Crippen molar-refractivity contribution in [3.63, 3.8) is 0 Å². The van der Waals surface area contributed by atoms with Gasteiger partial charge in [-0.1, -0.05) is 0 Å². The molecule has 1 fully saturated rings. The van der Waals surface area contributed by atoms with E-state index < -0.39 is 0 Å². The van der Waals surface area contributed by atoms with Gasteiger partial charge in [0.2, 0.25) is 0 Å². The van der Waals surface area contributed by atoms with Crippen LogP contribution in [0.4, 0.5) is 0 Å². The lowest BCUT2D eigenvalue weighted by atomic mass is 10.3. The second kappa shape index (κ2) is 1.23. The molecular weight excluding hydrogens is 76.1 g/mol. The van der Waals surface area contributed by atoms with Crippen molar-refractivity contribution in [2.24, 2.45) is 5.92 Å². The van der Waals surface area contributed by atoms with Crippen molar-refractivity contribution >= 4 is 0 Å². The third-order valence-electron chi connectivity index (χ3n) is 1.17. The van der Waals surface area contributed by atoms with Crippen LogP contribution in [-0.2, 0) is 0 Å². The molecule has 1 N–H and O–H groups in total. The fourth-order valence-corrected chi connectivity index (χ4v) is 0.501. The van der Waals surface area contributed by atoms with Crippen LogP contribution in [0.3, 0.4) is 0 Å². The van der Waals surface area contributed by atoms with E-state index in [1.807, 2.05) is 0 Å². The fraction of sp³-hybridized carbons (Fsp3) is 0.800. The van der Waals surface area contributed by atoms with E-state index in [2.05, 4.69) is 0 Å². The minimum Gasteiger partial charge on any atom is -0.387 e. The van der Waals surface area contributed by atoms with Gasteiger partial charge in [0.1, 0.15) is 0 Å². The average molecular weight is 85.1 g/mol. The van der Waals surface area contributed by atoms with Gasteiger partial charge in [-0.2, -0.15) is 0 Å². The Kier molecular flexibility index (Phi) is 0.845. The molecule has 1 heteroatoms. The molecule has 35 valence electrons. The van der Waals surface area contributed by atoms with Crippen LogP contribution in [0.15, 0.2) is 0 Å². The van der Waals surface area contributed by atoms with Crippen LogP contribution < -0.4 is 0 Å². The summed E-state index contributed by atoms with van der Waals surface area (Å²) in [6, 6.07) is 0. The van der Waals surface area contributed by atoms with Gasteiger partial charge < -0.3 is 5.11 Å². The van der Waals surface area contributed by atoms with Crippen molar-refractivity contribution in [1.82, 2.24) is 0 Å². The summed E-state index contributed by atoms with van der Waals surface area (Å²) in [6.07, 6.45) is 3.04. The van der Waals surface area contributed by atoms with E-state index in [-0.39, 0.29) is 0 Å². The Balaban J connectivity index is 2.13. The summed E-state index contributed by atoms with van der Waals surface area (Å²) in [5, 5.41) is 8.61. The summed E-state index contributed by atoms with van der Waals surface area (Å²) in [4.78, 5) is 0. The summed E-state index contributed by atoms with van der Waals surface area (Å²) < 4.78 is 0. The predicted molar refractivity (Wildman–Crippen MR) is 23.6 cm³/mol. The third-order valence-corrected chi connectivity index (χ3v) is 1.17. The number of hydrogen-bond acceptors (Lipinski definition) is 1. The molecule has 0 heterocycles. The molecule has 1 rings (SSSR count). The first-order valence-electron chi connectivity index (χ1n) is 2.33. The highest BCUT2D eigenvalue weighted by Gasteiger charge is 2.26. The first-order chi connectivity index (χ1) is 2.80. The molecule has 0 amide bonds. The Labute approximate surface area is 38.0 Å². The van der Waals surface area contributed by atoms with Gasteiger partial charge in [0, 0.05) is 0 Å². The molecule has 6 heavy (non-hydrogen) atoms. The van der Waals surface area contributed by atoms with Crippen molar-refractivity contribution in [1.29, 1.82) is 0 Å². The number of aliphatic hydroxyl groups excluding tert-OH is 1. The van der Waals surface area contributed by atoms with Crippen LogP contribution in [0.2, 0.25) is 0 Å². The normalized spacial score (nSPS) is 22.5. The van der Waals surface area contributed by atoms with Crippen molar-refractivity contribution in [3.8, 4) is 0 Å². The van der Waals surface area contributed by atoms with E-state index in [0.29, 0.717) is 12.0 Å². The van der Waals surface area contributed by atoms with Gasteiger partial charge in [0.05, 0.1) is 6.10 Å². The predicted octanol–water partition coefficient (Wildman–Crippen LogP) is 1.32. The molecule has 1 radical (unpaired) electrons. The molecule has 0 aromatic carbocycles. The van der Waals surface area contributed by atoms with Crippen LogP contribution in [0.1, 0.15) is 19.8 Å². The monoisotopic (exact) mass is 85.1 g/mol. The zero-order chi connectivity index (χ0) is 4.57. The molecule has 0 aromatic rings. The molecule has 0 bridgehead atoms. The van der Waals surface area contributed by atoms with Crippen molar-refractivity contribution in [3.05, 3.63) is 6.10 Å². The topological polar surface area (TPSA) is 20.2 Å². The summed E-state index contributed by atoms with van der Waals surface area (Å²) in [7, 11) is 0. The molecular formula is C5H9O. The molecule has 1 nitrogen and oxygen atoms in total. The lowest BCUT2D eigenvalue weighted by Crippen LogP contribution is -1.87. The molecule has 0 saturated heterocycles. The molecule has 0 unspecified atom stereocenters. The Hall–Kier alpha value is -0.0400. The first-order valence-corrected chi connectivity index (χ1v) is 2.33. The summed E-state index contributed by atoms with van der Waals surface area (Å²) in [6.45, 7) is 1.78. The first kappa shape index (κ1) is 4.13. The SMILES string of the molecule is C[C](O)C1CC1. The van der Waals surface area contributed by atoms with Gasteiger partial charge in [-0.15, -0.1) is 0 Å².